The number of hydrogen-bond acceptors (Lipinski definition) is 5. The van der Waals surface area contributed by atoms with E-state index >= 15 is 4.57 Å². The number of nitrogens with one attached hydrogen (secondary N) is 1. The molecule has 1 atom stereocenters. The van der Waals surface area contributed by atoms with Gasteiger partial charge in [0.05, 0.1) is 6.61 Å². The second kappa shape index (κ2) is 11.5. The van der Waals surface area contributed by atoms with Crippen LogP contribution in [0.15, 0.2) is 60.7 Å². The van der Waals surface area contributed by atoms with E-state index in [0.717, 1.165) is 6.42 Å². The molecule has 2 rings (SSSR count). The minimum absolute atomic E-state index is 0.176. The van der Waals surface area contributed by atoms with Gasteiger partial charge in [0.15, 0.2) is 7.14 Å². The molecule has 2 aromatic rings. The molecule has 0 bridgehead atoms. The van der Waals surface area contributed by atoms with Crippen LogP contribution in [0.3, 0.4) is 0 Å². The van der Waals surface area contributed by atoms with Crippen molar-refractivity contribution in [1.82, 2.24) is 5.32 Å². The molecule has 0 spiro atoms. The zero-order valence-electron chi connectivity index (χ0n) is 20.3. The largest absolute Gasteiger partial charge is 0.465 e. The third kappa shape index (κ3) is 6.26. The van der Waals surface area contributed by atoms with Gasteiger partial charge >= 0.3 is 12.1 Å². The molecular weight excluding hydrogens is 437 g/mol. The van der Waals surface area contributed by atoms with E-state index in [1.165, 1.54) is 0 Å². The lowest BCUT2D eigenvalue weighted by molar-refractivity contribution is -0.147. The fraction of sp³-hybridized carbons (Fsp3) is 0.462. The van der Waals surface area contributed by atoms with Crippen LogP contribution in [0.25, 0.3) is 0 Å². The number of amides is 1. The van der Waals surface area contributed by atoms with Crippen molar-refractivity contribution in [1.29, 1.82) is 0 Å². The molecule has 0 unspecified atom stereocenters. The van der Waals surface area contributed by atoms with E-state index in [1.54, 1.807) is 76.2 Å². The van der Waals surface area contributed by atoms with Crippen molar-refractivity contribution in [3.8, 4) is 0 Å². The summed E-state index contributed by atoms with van der Waals surface area (Å²) < 4.78 is 26.2. The Morgan fingerprint density at radius 1 is 0.909 bits per heavy atom. The molecule has 0 aromatic heterocycles. The van der Waals surface area contributed by atoms with Gasteiger partial charge in [0.1, 0.15) is 10.8 Å². The average Bonchev–Trinajstić information content (AvgIpc) is 2.79. The molecule has 1 amide bonds. The molecule has 1 N–H and O–H groups in total. The fourth-order valence-corrected chi connectivity index (χ4v) is 7.24. The Bertz CT molecular complexity index is 912. The zero-order chi connectivity index (χ0) is 24.5. The van der Waals surface area contributed by atoms with Gasteiger partial charge in [-0.25, -0.2) is 4.79 Å². The van der Waals surface area contributed by atoms with Crippen LogP contribution in [0.5, 0.6) is 0 Å². The Hall–Kier alpha value is -2.59. The summed E-state index contributed by atoms with van der Waals surface area (Å²) in [6.07, 6.45) is 1.09. The number of unbranched alkanes of at least 4 members (excludes halogenated alkanes) is 1. The number of carbonyl (C=O) groups excluding carboxylic acids is 2. The maximum absolute atomic E-state index is 15.1. The number of benzene rings is 2. The molecule has 0 radical (unpaired) electrons. The van der Waals surface area contributed by atoms with Crippen LogP contribution < -0.4 is 15.9 Å². The summed E-state index contributed by atoms with van der Waals surface area (Å²) in [4.78, 5) is 26.2. The van der Waals surface area contributed by atoms with Crippen molar-refractivity contribution in [3.63, 3.8) is 0 Å². The maximum atomic E-state index is 15.1. The van der Waals surface area contributed by atoms with E-state index in [2.05, 4.69) is 5.32 Å². The van der Waals surface area contributed by atoms with Crippen LogP contribution in [-0.4, -0.2) is 36.0 Å². The highest BCUT2D eigenvalue weighted by atomic mass is 31.2. The lowest BCUT2D eigenvalue weighted by atomic mass is 10.1. The van der Waals surface area contributed by atoms with Crippen molar-refractivity contribution in [2.45, 2.75) is 64.6 Å². The predicted molar refractivity (Wildman–Crippen MR) is 133 cm³/mol. The topological polar surface area (TPSA) is 81.7 Å². The normalized spacial score (nSPS) is 13.6. The van der Waals surface area contributed by atoms with Crippen LogP contribution in [0.2, 0.25) is 0 Å². The maximum Gasteiger partial charge on any atom is 0.407 e. The quantitative estimate of drug-likeness (QED) is 0.298. The van der Waals surface area contributed by atoms with Gasteiger partial charge in [0, 0.05) is 17.2 Å². The molecule has 0 saturated heterocycles. The third-order valence-corrected chi connectivity index (χ3v) is 9.38. The fourth-order valence-electron chi connectivity index (χ4n) is 3.70. The van der Waals surface area contributed by atoms with Gasteiger partial charge < -0.3 is 19.4 Å². The number of ether oxygens (including phenoxy) is 2. The Morgan fingerprint density at radius 3 is 1.85 bits per heavy atom. The van der Waals surface area contributed by atoms with Gasteiger partial charge in [-0.15, -0.1) is 0 Å². The van der Waals surface area contributed by atoms with E-state index < -0.39 is 30.0 Å². The number of hydrogen-bond donors (Lipinski definition) is 1. The second-order valence-electron chi connectivity index (χ2n) is 9.01. The number of rotatable bonds is 10. The Kier molecular flexibility index (Phi) is 9.30. The van der Waals surface area contributed by atoms with Gasteiger partial charge in [0.2, 0.25) is 0 Å². The minimum atomic E-state index is -3.62. The highest BCUT2D eigenvalue weighted by Gasteiger charge is 2.56. The molecular formula is C26H36NO5P. The minimum Gasteiger partial charge on any atom is -0.465 e. The number of carbonyl (C=O) groups is 2. The summed E-state index contributed by atoms with van der Waals surface area (Å²) >= 11 is 0. The van der Waals surface area contributed by atoms with Gasteiger partial charge in [-0.2, -0.15) is 0 Å². The standard InChI is InChI=1S/C26H36NO5P/c1-6-8-19-31-23(28)26(7-2,20-27-24(29)32-25(3,4)5)33(30,21-15-11-9-12-16-21)22-17-13-10-14-18-22/h9-18H,6-8,19-20H2,1-5H3,(H,27,29)/t26-/m1/s1. The monoisotopic (exact) mass is 473 g/mol. The van der Waals surface area contributed by atoms with Gasteiger partial charge in [-0.1, -0.05) is 80.9 Å². The van der Waals surface area contributed by atoms with E-state index in [9.17, 15) is 9.59 Å². The van der Waals surface area contributed by atoms with Crippen LogP contribution in [0.1, 0.15) is 53.9 Å². The van der Waals surface area contributed by atoms with Crippen LogP contribution in [0, 0.1) is 0 Å². The Labute approximate surface area is 197 Å². The first kappa shape index (κ1) is 26.7. The molecule has 7 heteroatoms. The molecule has 0 aliphatic rings. The Morgan fingerprint density at radius 2 is 1.42 bits per heavy atom. The first-order valence-corrected chi connectivity index (χ1v) is 13.2. The first-order chi connectivity index (χ1) is 15.6. The predicted octanol–water partition coefficient (Wildman–Crippen LogP) is 5.02. The summed E-state index contributed by atoms with van der Waals surface area (Å²) in [6, 6.07) is 18.0. The Balaban J connectivity index is 2.63. The van der Waals surface area contributed by atoms with E-state index in [4.69, 9.17) is 9.47 Å². The summed E-state index contributed by atoms with van der Waals surface area (Å²) in [7, 11) is -3.62. The summed E-state index contributed by atoms with van der Waals surface area (Å²) in [5.74, 6) is -0.578. The van der Waals surface area contributed by atoms with Crippen molar-refractivity contribution >= 4 is 29.8 Å². The highest BCUT2D eigenvalue weighted by molar-refractivity contribution is 7.81. The molecule has 2 aromatic carbocycles. The van der Waals surface area contributed by atoms with Gasteiger partial charge in [-0.05, 0) is 33.6 Å². The summed E-state index contributed by atoms with van der Waals surface area (Å²) in [5, 5.41) is 2.29. The van der Waals surface area contributed by atoms with Crippen molar-refractivity contribution < 1.29 is 23.6 Å². The number of alkyl carbamates (subject to hydrolysis) is 1. The van der Waals surface area contributed by atoms with Crippen molar-refractivity contribution in [2.24, 2.45) is 0 Å². The molecule has 6 nitrogen and oxygen atoms in total. The smallest absolute Gasteiger partial charge is 0.407 e. The molecule has 0 aliphatic carbocycles. The second-order valence-corrected chi connectivity index (χ2v) is 12.1. The van der Waals surface area contributed by atoms with E-state index in [-0.39, 0.29) is 19.6 Å². The number of esters is 1. The molecule has 33 heavy (non-hydrogen) atoms. The van der Waals surface area contributed by atoms with Gasteiger partial charge in [0.25, 0.3) is 0 Å². The first-order valence-electron chi connectivity index (χ1n) is 11.5. The van der Waals surface area contributed by atoms with Crippen molar-refractivity contribution in [2.75, 3.05) is 13.2 Å². The molecule has 0 heterocycles. The summed E-state index contributed by atoms with van der Waals surface area (Å²) in [6.45, 7) is 9.14. The van der Waals surface area contributed by atoms with Crippen molar-refractivity contribution in [3.05, 3.63) is 60.7 Å². The molecule has 0 aliphatic heterocycles. The average molecular weight is 474 g/mol. The lowest BCUT2D eigenvalue weighted by Crippen LogP contribution is -2.53. The zero-order valence-corrected chi connectivity index (χ0v) is 21.2. The summed E-state index contributed by atoms with van der Waals surface area (Å²) in [5.41, 5.74) is -0.705. The molecule has 0 saturated carbocycles. The third-order valence-electron chi connectivity index (χ3n) is 5.46. The van der Waals surface area contributed by atoms with Crippen LogP contribution in [-0.2, 0) is 18.8 Å². The molecule has 180 valence electrons. The van der Waals surface area contributed by atoms with Gasteiger partial charge in [-0.3, -0.25) is 4.79 Å². The highest BCUT2D eigenvalue weighted by Crippen LogP contribution is 2.58. The van der Waals surface area contributed by atoms with Crippen LogP contribution >= 0.6 is 7.14 Å². The van der Waals surface area contributed by atoms with Crippen LogP contribution in [0.4, 0.5) is 4.79 Å². The lowest BCUT2D eigenvalue weighted by Gasteiger charge is -2.38. The SMILES string of the molecule is CCCCOC(=O)[C@@](CC)(CNC(=O)OC(C)(C)C)P(=O)(c1ccccc1)c1ccccc1. The van der Waals surface area contributed by atoms with E-state index in [0.29, 0.717) is 17.0 Å². The molecule has 0 fully saturated rings. The van der Waals surface area contributed by atoms with E-state index in [1.807, 2.05) is 19.1 Å².